The van der Waals surface area contributed by atoms with Crippen LogP contribution in [-0.4, -0.2) is 29.6 Å². The first-order valence-electron chi connectivity index (χ1n) is 7.66. The Bertz CT molecular complexity index is 401. The summed E-state index contributed by atoms with van der Waals surface area (Å²) in [4.78, 5) is 4.27. The van der Waals surface area contributed by atoms with Crippen molar-refractivity contribution in [3.8, 4) is 0 Å². The van der Waals surface area contributed by atoms with E-state index in [-0.39, 0.29) is 5.54 Å². The molecule has 2 unspecified atom stereocenters. The second-order valence-corrected chi connectivity index (χ2v) is 6.99. The van der Waals surface area contributed by atoms with E-state index in [2.05, 4.69) is 49.4 Å². The number of aryl methyl sites for hydroxylation is 1. The zero-order valence-electron chi connectivity index (χ0n) is 12.8. The van der Waals surface area contributed by atoms with Gasteiger partial charge in [0.05, 0.1) is 0 Å². The lowest BCUT2D eigenvalue weighted by Gasteiger charge is -2.46. The van der Waals surface area contributed by atoms with Crippen LogP contribution in [0.15, 0.2) is 11.4 Å². The maximum absolute atomic E-state index is 3.75. The van der Waals surface area contributed by atoms with E-state index in [1.807, 2.05) is 11.3 Å². The number of thiophene rings is 1. The summed E-state index contributed by atoms with van der Waals surface area (Å²) in [6.45, 7) is 12.7. The Labute approximate surface area is 122 Å². The van der Waals surface area contributed by atoms with Gasteiger partial charge in [-0.3, -0.25) is 4.90 Å². The second kappa shape index (κ2) is 6.38. The fraction of sp³-hybridized carbons (Fsp3) is 0.750. The molecule has 0 bridgehead atoms. The Morgan fingerprint density at radius 2 is 2.21 bits per heavy atom. The molecular weight excluding hydrogens is 252 g/mol. The van der Waals surface area contributed by atoms with Gasteiger partial charge in [0.2, 0.25) is 0 Å². The predicted octanol–water partition coefficient (Wildman–Crippen LogP) is 3.66. The van der Waals surface area contributed by atoms with Crippen LogP contribution in [0.1, 0.15) is 51.0 Å². The number of piperazine rings is 1. The highest BCUT2D eigenvalue weighted by Gasteiger charge is 2.33. The summed E-state index contributed by atoms with van der Waals surface area (Å²) in [7, 11) is 0. The quantitative estimate of drug-likeness (QED) is 0.885. The molecule has 1 aromatic rings. The van der Waals surface area contributed by atoms with E-state index in [1.54, 1.807) is 4.88 Å². The molecule has 2 rings (SSSR count). The van der Waals surface area contributed by atoms with Gasteiger partial charge >= 0.3 is 0 Å². The molecular formula is C16H28N2S. The Morgan fingerprint density at radius 3 is 2.84 bits per heavy atom. The maximum atomic E-state index is 3.75. The van der Waals surface area contributed by atoms with E-state index in [9.17, 15) is 0 Å². The summed E-state index contributed by atoms with van der Waals surface area (Å²) < 4.78 is 0. The van der Waals surface area contributed by atoms with Crippen molar-refractivity contribution in [3.05, 3.63) is 21.9 Å². The summed E-state index contributed by atoms with van der Waals surface area (Å²) in [5.41, 5.74) is 1.83. The first-order valence-corrected chi connectivity index (χ1v) is 8.54. The van der Waals surface area contributed by atoms with E-state index in [0.29, 0.717) is 6.04 Å². The average molecular weight is 280 g/mol. The minimum Gasteiger partial charge on any atom is -0.309 e. The van der Waals surface area contributed by atoms with E-state index in [1.165, 1.54) is 24.9 Å². The van der Waals surface area contributed by atoms with Crippen LogP contribution in [0.25, 0.3) is 0 Å². The number of nitrogens with one attached hydrogen (secondary N) is 1. The van der Waals surface area contributed by atoms with E-state index in [0.717, 1.165) is 19.5 Å². The molecule has 1 saturated heterocycles. The number of rotatable bonds is 5. The average Bonchev–Trinajstić information content (AvgIpc) is 2.86. The largest absolute Gasteiger partial charge is 0.309 e. The third-order valence-electron chi connectivity index (χ3n) is 4.65. The van der Waals surface area contributed by atoms with Crippen molar-refractivity contribution in [2.75, 3.05) is 13.1 Å². The van der Waals surface area contributed by atoms with Crippen molar-refractivity contribution < 1.29 is 0 Å². The second-order valence-electron chi connectivity index (χ2n) is 5.98. The summed E-state index contributed by atoms with van der Waals surface area (Å²) in [6, 6.07) is 2.98. The van der Waals surface area contributed by atoms with Gasteiger partial charge in [0.1, 0.15) is 0 Å². The van der Waals surface area contributed by atoms with Crippen LogP contribution in [-0.2, 0) is 13.0 Å². The number of nitrogens with zero attached hydrogens (tertiary/aromatic N) is 1. The van der Waals surface area contributed by atoms with Gasteiger partial charge in [0, 0.05) is 36.1 Å². The van der Waals surface area contributed by atoms with Gasteiger partial charge in [-0.25, -0.2) is 0 Å². The van der Waals surface area contributed by atoms with Crippen LogP contribution in [0.4, 0.5) is 0 Å². The van der Waals surface area contributed by atoms with Crippen molar-refractivity contribution in [2.45, 2.75) is 65.1 Å². The van der Waals surface area contributed by atoms with Crippen molar-refractivity contribution in [3.63, 3.8) is 0 Å². The predicted molar refractivity (Wildman–Crippen MR) is 84.9 cm³/mol. The lowest BCUT2D eigenvalue weighted by Crippen LogP contribution is -2.62. The van der Waals surface area contributed by atoms with Gasteiger partial charge in [0.15, 0.2) is 0 Å². The molecule has 2 nitrogen and oxygen atoms in total. The highest BCUT2D eigenvalue weighted by molar-refractivity contribution is 7.10. The molecule has 0 aromatic carbocycles. The van der Waals surface area contributed by atoms with Crippen molar-refractivity contribution in [2.24, 2.45) is 0 Å². The highest BCUT2D eigenvalue weighted by Crippen LogP contribution is 2.26. The molecule has 1 N–H and O–H groups in total. The van der Waals surface area contributed by atoms with Crippen LogP contribution in [0, 0.1) is 0 Å². The molecule has 0 radical (unpaired) electrons. The zero-order chi connectivity index (χ0) is 13.9. The molecule has 3 heteroatoms. The lowest BCUT2D eigenvalue weighted by molar-refractivity contribution is 0.0762. The Balaban J connectivity index is 2.10. The smallest absolute Gasteiger partial charge is 0.0334 e. The van der Waals surface area contributed by atoms with Crippen LogP contribution < -0.4 is 5.32 Å². The van der Waals surface area contributed by atoms with Gasteiger partial charge in [-0.05, 0) is 43.2 Å². The standard InChI is InChI=1S/C16H28N2S/c1-5-13-8-9-19-15(13)11-18-12-16(4,7-3)17-10-14(18)6-2/h8-9,14,17H,5-7,10-12H2,1-4H3. The van der Waals surface area contributed by atoms with Crippen molar-refractivity contribution >= 4 is 11.3 Å². The van der Waals surface area contributed by atoms with Gasteiger partial charge in [-0.2, -0.15) is 0 Å². The highest BCUT2D eigenvalue weighted by atomic mass is 32.1. The van der Waals surface area contributed by atoms with E-state index < -0.39 is 0 Å². The fourth-order valence-corrected chi connectivity index (χ4v) is 3.96. The number of hydrogen-bond acceptors (Lipinski definition) is 3. The molecule has 0 spiro atoms. The minimum atomic E-state index is 0.287. The van der Waals surface area contributed by atoms with Crippen LogP contribution in [0.5, 0.6) is 0 Å². The molecule has 0 saturated carbocycles. The van der Waals surface area contributed by atoms with Crippen LogP contribution in [0.3, 0.4) is 0 Å². The zero-order valence-corrected chi connectivity index (χ0v) is 13.6. The van der Waals surface area contributed by atoms with E-state index in [4.69, 9.17) is 0 Å². The molecule has 0 aliphatic carbocycles. The molecule has 1 aromatic heterocycles. The molecule has 1 aliphatic rings. The molecule has 108 valence electrons. The summed E-state index contributed by atoms with van der Waals surface area (Å²) in [5, 5.41) is 5.99. The molecule has 1 aliphatic heterocycles. The summed E-state index contributed by atoms with van der Waals surface area (Å²) in [6.07, 6.45) is 3.59. The SMILES string of the molecule is CCc1ccsc1CN1CC(C)(CC)NCC1CC. The van der Waals surface area contributed by atoms with Gasteiger partial charge in [0.25, 0.3) is 0 Å². The monoisotopic (exact) mass is 280 g/mol. The Hall–Kier alpha value is -0.380. The number of hydrogen-bond donors (Lipinski definition) is 1. The van der Waals surface area contributed by atoms with Crippen molar-refractivity contribution in [1.29, 1.82) is 0 Å². The van der Waals surface area contributed by atoms with Crippen molar-refractivity contribution in [1.82, 2.24) is 10.2 Å². The van der Waals surface area contributed by atoms with Crippen LogP contribution >= 0.6 is 11.3 Å². The lowest BCUT2D eigenvalue weighted by atomic mass is 9.92. The summed E-state index contributed by atoms with van der Waals surface area (Å²) in [5.74, 6) is 0. The Kier molecular flexibility index (Phi) is 5.04. The third-order valence-corrected chi connectivity index (χ3v) is 5.60. The molecule has 0 amide bonds. The first kappa shape index (κ1) is 15.0. The molecule has 19 heavy (non-hydrogen) atoms. The third kappa shape index (κ3) is 3.39. The summed E-state index contributed by atoms with van der Waals surface area (Å²) >= 11 is 1.93. The Morgan fingerprint density at radius 1 is 1.42 bits per heavy atom. The van der Waals surface area contributed by atoms with E-state index >= 15 is 0 Å². The van der Waals surface area contributed by atoms with Gasteiger partial charge < -0.3 is 5.32 Å². The minimum absolute atomic E-state index is 0.287. The fourth-order valence-electron chi connectivity index (χ4n) is 2.96. The topological polar surface area (TPSA) is 15.3 Å². The molecule has 2 heterocycles. The molecule has 2 atom stereocenters. The van der Waals surface area contributed by atoms with Crippen LogP contribution in [0.2, 0.25) is 0 Å². The normalized spacial score (nSPS) is 28.7. The molecule has 1 fully saturated rings. The maximum Gasteiger partial charge on any atom is 0.0334 e. The van der Waals surface area contributed by atoms with Gasteiger partial charge in [-0.15, -0.1) is 11.3 Å². The first-order chi connectivity index (χ1) is 9.11. The van der Waals surface area contributed by atoms with Gasteiger partial charge in [-0.1, -0.05) is 20.8 Å².